The van der Waals surface area contributed by atoms with Crippen LogP contribution in [0.15, 0.2) is 40.1 Å². The highest BCUT2D eigenvalue weighted by Gasteiger charge is 2.15. The van der Waals surface area contributed by atoms with E-state index in [4.69, 9.17) is 5.21 Å². The summed E-state index contributed by atoms with van der Waals surface area (Å²) in [4.78, 5) is 15.7. The zero-order chi connectivity index (χ0) is 15.6. The quantitative estimate of drug-likeness (QED) is 0.393. The van der Waals surface area contributed by atoms with Crippen molar-refractivity contribution in [1.82, 2.24) is 4.73 Å². The summed E-state index contributed by atoms with van der Waals surface area (Å²) < 4.78 is 0.164. The standard InChI is InChI=1S/C14H15N3O4/c1-8-7-12(18)17(21)14(19)13(8)9(2)15-10-5-3-4-6-11(10)16-20/h3-7,16,19-21H,1-2H3. The van der Waals surface area contributed by atoms with Crippen LogP contribution in [0.1, 0.15) is 18.1 Å². The van der Waals surface area contributed by atoms with Crippen LogP contribution in [-0.2, 0) is 0 Å². The number of aromatic nitrogens is 1. The number of aliphatic imine (C=N–C) groups is 1. The molecule has 7 heteroatoms. The minimum absolute atomic E-state index is 0.164. The lowest BCUT2D eigenvalue weighted by atomic mass is 10.1. The van der Waals surface area contributed by atoms with Gasteiger partial charge in [-0.3, -0.25) is 20.5 Å². The summed E-state index contributed by atoms with van der Waals surface area (Å²) in [6.45, 7) is 3.26. The first-order valence-electron chi connectivity index (χ1n) is 6.15. The van der Waals surface area contributed by atoms with E-state index in [1.165, 1.54) is 6.07 Å². The molecule has 4 N–H and O–H groups in total. The van der Waals surface area contributed by atoms with Gasteiger partial charge < -0.3 is 10.3 Å². The predicted molar refractivity (Wildman–Crippen MR) is 78.0 cm³/mol. The minimum Gasteiger partial charge on any atom is -0.492 e. The lowest BCUT2D eigenvalue weighted by molar-refractivity contribution is 0.143. The number of aromatic hydroxyl groups is 1. The second-order valence-electron chi connectivity index (χ2n) is 4.50. The largest absolute Gasteiger partial charge is 0.492 e. The van der Waals surface area contributed by atoms with Gasteiger partial charge in [-0.15, -0.1) is 4.73 Å². The molecule has 1 aromatic heterocycles. The molecule has 110 valence electrons. The normalized spacial score (nSPS) is 11.5. The molecule has 0 bridgehead atoms. The molecule has 2 rings (SSSR count). The number of nitrogens with zero attached hydrogens (tertiary/aromatic N) is 2. The van der Waals surface area contributed by atoms with Gasteiger partial charge in [-0.2, -0.15) is 0 Å². The number of nitrogens with one attached hydrogen (secondary N) is 1. The molecule has 0 aliphatic heterocycles. The van der Waals surface area contributed by atoms with Crippen molar-refractivity contribution in [2.24, 2.45) is 4.99 Å². The van der Waals surface area contributed by atoms with Gasteiger partial charge in [0, 0.05) is 6.07 Å². The third-order valence-corrected chi connectivity index (χ3v) is 3.04. The van der Waals surface area contributed by atoms with Crippen LogP contribution in [-0.4, -0.2) is 26.0 Å². The summed E-state index contributed by atoms with van der Waals surface area (Å²) in [6, 6.07) is 7.97. The Kier molecular flexibility index (Phi) is 3.95. The Balaban J connectivity index is 2.60. The van der Waals surface area contributed by atoms with E-state index in [-0.39, 0.29) is 10.3 Å². The number of hydrogen-bond donors (Lipinski definition) is 4. The molecule has 0 amide bonds. The molecule has 0 radical (unpaired) electrons. The molecule has 0 unspecified atom stereocenters. The number of para-hydroxylation sites is 2. The smallest absolute Gasteiger partial charge is 0.286 e. The summed E-state index contributed by atoms with van der Waals surface area (Å²) in [5, 5.41) is 28.4. The maximum absolute atomic E-state index is 11.4. The summed E-state index contributed by atoms with van der Waals surface area (Å²) in [5.74, 6) is -0.573. The molecule has 0 saturated carbocycles. The first-order valence-corrected chi connectivity index (χ1v) is 6.15. The summed E-state index contributed by atoms with van der Waals surface area (Å²) in [6.07, 6.45) is 0. The van der Waals surface area contributed by atoms with E-state index in [9.17, 15) is 15.1 Å². The van der Waals surface area contributed by atoms with E-state index < -0.39 is 11.4 Å². The van der Waals surface area contributed by atoms with Crippen LogP contribution in [0.4, 0.5) is 11.4 Å². The molecule has 0 aliphatic rings. The average Bonchev–Trinajstić information content (AvgIpc) is 2.45. The van der Waals surface area contributed by atoms with Crippen LogP contribution in [0.5, 0.6) is 5.88 Å². The fourth-order valence-electron chi connectivity index (χ4n) is 2.05. The maximum atomic E-state index is 11.4. The van der Waals surface area contributed by atoms with E-state index >= 15 is 0 Å². The van der Waals surface area contributed by atoms with Crippen LogP contribution >= 0.6 is 0 Å². The molecule has 0 spiro atoms. The van der Waals surface area contributed by atoms with Crippen LogP contribution in [0.25, 0.3) is 0 Å². The minimum atomic E-state index is -0.723. The van der Waals surface area contributed by atoms with Crippen LogP contribution in [0.2, 0.25) is 0 Å². The van der Waals surface area contributed by atoms with Gasteiger partial charge in [0.2, 0.25) is 5.88 Å². The van der Waals surface area contributed by atoms with Crippen molar-refractivity contribution in [3.63, 3.8) is 0 Å². The van der Waals surface area contributed by atoms with Gasteiger partial charge in [0.1, 0.15) is 0 Å². The van der Waals surface area contributed by atoms with Crippen molar-refractivity contribution in [2.45, 2.75) is 13.8 Å². The van der Waals surface area contributed by atoms with Crippen LogP contribution in [0, 0.1) is 6.92 Å². The third-order valence-electron chi connectivity index (χ3n) is 3.04. The van der Waals surface area contributed by atoms with Gasteiger partial charge in [0.25, 0.3) is 5.56 Å². The predicted octanol–water partition coefficient (Wildman–Crippen LogP) is 2.04. The molecule has 2 aromatic rings. The Labute approximate surface area is 120 Å². The Morgan fingerprint density at radius 2 is 2.00 bits per heavy atom. The number of pyridine rings is 1. The van der Waals surface area contributed by atoms with E-state index in [1.807, 2.05) is 5.48 Å². The Bertz CT molecular complexity index is 765. The molecular formula is C14H15N3O4. The first kappa shape index (κ1) is 14.6. The highest BCUT2D eigenvalue weighted by Crippen LogP contribution is 2.26. The number of benzene rings is 1. The van der Waals surface area contributed by atoms with E-state index in [2.05, 4.69) is 4.99 Å². The molecule has 1 heterocycles. The second kappa shape index (κ2) is 5.68. The van der Waals surface area contributed by atoms with Gasteiger partial charge in [0.15, 0.2) is 0 Å². The fraction of sp³-hybridized carbons (Fsp3) is 0.143. The van der Waals surface area contributed by atoms with Gasteiger partial charge in [0.05, 0.1) is 22.6 Å². The Morgan fingerprint density at radius 3 is 2.67 bits per heavy atom. The lowest BCUT2D eigenvalue weighted by Crippen LogP contribution is -2.20. The van der Waals surface area contributed by atoms with E-state index in [0.717, 1.165) is 0 Å². The van der Waals surface area contributed by atoms with E-state index in [1.54, 1.807) is 38.1 Å². The Morgan fingerprint density at radius 1 is 1.33 bits per heavy atom. The third kappa shape index (κ3) is 2.72. The number of rotatable bonds is 3. The molecule has 0 saturated heterocycles. The van der Waals surface area contributed by atoms with Gasteiger partial charge in [-0.05, 0) is 31.5 Å². The van der Waals surface area contributed by atoms with Gasteiger partial charge in [-0.25, -0.2) is 0 Å². The second-order valence-corrected chi connectivity index (χ2v) is 4.50. The van der Waals surface area contributed by atoms with Crippen molar-refractivity contribution < 1.29 is 15.5 Å². The molecular weight excluding hydrogens is 274 g/mol. The van der Waals surface area contributed by atoms with Crippen molar-refractivity contribution in [3.05, 3.63) is 51.8 Å². The Hall–Kier alpha value is -2.80. The molecule has 21 heavy (non-hydrogen) atoms. The zero-order valence-electron chi connectivity index (χ0n) is 11.5. The molecule has 1 aromatic carbocycles. The van der Waals surface area contributed by atoms with Crippen molar-refractivity contribution >= 4 is 17.1 Å². The number of anilines is 1. The number of aryl methyl sites for hydroxylation is 1. The summed E-state index contributed by atoms with van der Waals surface area (Å²) in [7, 11) is 0. The molecule has 0 fully saturated rings. The first-order chi connectivity index (χ1) is 9.95. The molecule has 7 nitrogen and oxygen atoms in total. The fourth-order valence-corrected chi connectivity index (χ4v) is 2.05. The highest BCUT2D eigenvalue weighted by atomic mass is 16.5. The summed E-state index contributed by atoms with van der Waals surface area (Å²) in [5.41, 5.74) is 3.27. The topological polar surface area (TPSA) is 107 Å². The van der Waals surface area contributed by atoms with Crippen molar-refractivity contribution in [1.29, 1.82) is 0 Å². The zero-order valence-corrected chi connectivity index (χ0v) is 11.5. The number of hydrogen-bond acceptors (Lipinski definition) is 6. The maximum Gasteiger partial charge on any atom is 0.286 e. The summed E-state index contributed by atoms with van der Waals surface area (Å²) >= 11 is 0. The van der Waals surface area contributed by atoms with E-state index in [0.29, 0.717) is 22.6 Å². The monoisotopic (exact) mass is 289 g/mol. The average molecular weight is 289 g/mol. The van der Waals surface area contributed by atoms with Crippen molar-refractivity contribution in [2.75, 3.05) is 5.48 Å². The van der Waals surface area contributed by atoms with Crippen LogP contribution in [0.3, 0.4) is 0 Å². The van der Waals surface area contributed by atoms with Gasteiger partial charge >= 0.3 is 0 Å². The lowest BCUT2D eigenvalue weighted by Gasteiger charge is -2.11. The SMILES string of the molecule is CC(=Nc1ccccc1NO)c1c(C)cc(=O)n(O)c1O. The van der Waals surface area contributed by atoms with Crippen LogP contribution < -0.4 is 11.0 Å². The molecule has 0 atom stereocenters. The highest BCUT2D eigenvalue weighted by molar-refractivity contribution is 6.03. The van der Waals surface area contributed by atoms with Gasteiger partial charge in [-0.1, -0.05) is 12.1 Å². The van der Waals surface area contributed by atoms with Crippen molar-refractivity contribution in [3.8, 4) is 5.88 Å². The molecule has 0 aliphatic carbocycles.